The zero-order valence-electron chi connectivity index (χ0n) is 10.9. The van der Waals surface area contributed by atoms with Gasteiger partial charge in [-0.2, -0.15) is 11.3 Å². The third-order valence-electron chi connectivity index (χ3n) is 3.36. The van der Waals surface area contributed by atoms with Gasteiger partial charge in [0.1, 0.15) is 0 Å². The molecule has 0 spiro atoms. The summed E-state index contributed by atoms with van der Waals surface area (Å²) >= 11 is 1.61. The van der Waals surface area contributed by atoms with Gasteiger partial charge >= 0.3 is 12.0 Å². The summed E-state index contributed by atoms with van der Waals surface area (Å²) in [6, 6.07) is 1.76. The molecule has 1 N–H and O–H groups in total. The van der Waals surface area contributed by atoms with E-state index < -0.39 is 5.97 Å². The minimum atomic E-state index is -0.842. The maximum atomic E-state index is 12.3. The van der Waals surface area contributed by atoms with Crippen molar-refractivity contribution >= 4 is 23.3 Å². The Morgan fingerprint density at radius 1 is 1.58 bits per heavy atom. The number of thiophene rings is 1. The Morgan fingerprint density at radius 3 is 3.00 bits per heavy atom. The summed E-state index contributed by atoms with van der Waals surface area (Å²) in [7, 11) is 1.76. The zero-order chi connectivity index (χ0) is 13.8. The average molecular weight is 282 g/mol. The molecule has 1 aromatic heterocycles. The maximum absolute atomic E-state index is 12.3. The minimum Gasteiger partial charge on any atom is -0.481 e. The number of carbonyl (C=O) groups excluding carboxylic acids is 1. The zero-order valence-corrected chi connectivity index (χ0v) is 11.7. The van der Waals surface area contributed by atoms with Crippen molar-refractivity contribution in [2.75, 3.05) is 13.6 Å². The van der Waals surface area contributed by atoms with Gasteiger partial charge in [0.25, 0.3) is 0 Å². The summed E-state index contributed by atoms with van der Waals surface area (Å²) < 4.78 is 0. The number of hydrogen-bond donors (Lipinski definition) is 1. The highest BCUT2D eigenvalue weighted by Crippen LogP contribution is 2.22. The molecule has 1 unspecified atom stereocenters. The van der Waals surface area contributed by atoms with Crippen molar-refractivity contribution in [1.29, 1.82) is 0 Å². The molecule has 0 radical (unpaired) electrons. The van der Waals surface area contributed by atoms with Crippen LogP contribution in [0, 0.1) is 0 Å². The van der Waals surface area contributed by atoms with E-state index in [1.807, 2.05) is 16.8 Å². The van der Waals surface area contributed by atoms with Crippen LogP contribution in [0.5, 0.6) is 0 Å². The van der Waals surface area contributed by atoms with Crippen LogP contribution in [0.2, 0.25) is 0 Å². The van der Waals surface area contributed by atoms with Gasteiger partial charge in [0.05, 0.1) is 6.42 Å². The maximum Gasteiger partial charge on any atom is 0.320 e. The number of hydrogen-bond acceptors (Lipinski definition) is 3. The molecule has 0 aromatic carbocycles. The van der Waals surface area contributed by atoms with E-state index >= 15 is 0 Å². The van der Waals surface area contributed by atoms with Crippen molar-refractivity contribution < 1.29 is 14.7 Å². The second-order valence-corrected chi connectivity index (χ2v) is 5.64. The molecule has 2 heterocycles. The number of carboxylic acids is 1. The van der Waals surface area contributed by atoms with E-state index in [0.29, 0.717) is 13.1 Å². The predicted molar refractivity (Wildman–Crippen MR) is 73.2 cm³/mol. The SMILES string of the molecule is CN(Cc1ccsc1)C(=O)N1CCCC1CC(=O)O. The molecule has 1 aliphatic heterocycles. The lowest BCUT2D eigenvalue weighted by molar-refractivity contribution is -0.138. The Labute approximate surface area is 116 Å². The largest absolute Gasteiger partial charge is 0.481 e. The van der Waals surface area contributed by atoms with Gasteiger partial charge in [0.15, 0.2) is 0 Å². The molecule has 0 saturated carbocycles. The summed E-state index contributed by atoms with van der Waals surface area (Å²) in [5, 5.41) is 12.9. The van der Waals surface area contributed by atoms with E-state index in [9.17, 15) is 9.59 Å². The van der Waals surface area contributed by atoms with Crippen LogP contribution in [0.1, 0.15) is 24.8 Å². The minimum absolute atomic E-state index is 0.0397. The molecule has 0 aliphatic carbocycles. The Hall–Kier alpha value is -1.56. The molecule has 1 fully saturated rings. The highest BCUT2D eigenvalue weighted by Gasteiger charge is 2.31. The molecule has 1 aliphatic rings. The van der Waals surface area contributed by atoms with Gasteiger partial charge in [-0.05, 0) is 35.2 Å². The lowest BCUT2D eigenvalue weighted by atomic mass is 10.1. The highest BCUT2D eigenvalue weighted by atomic mass is 32.1. The molecule has 1 saturated heterocycles. The fourth-order valence-corrected chi connectivity index (χ4v) is 3.10. The van der Waals surface area contributed by atoms with Crippen LogP contribution >= 0.6 is 11.3 Å². The standard InChI is InChI=1S/C13H18N2O3S/c1-14(8-10-4-6-19-9-10)13(18)15-5-2-3-11(15)7-12(16)17/h4,6,9,11H,2-3,5,7-8H2,1H3,(H,16,17). The van der Waals surface area contributed by atoms with E-state index in [1.165, 1.54) is 0 Å². The molecule has 2 rings (SSSR count). The lowest BCUT2D eigenvalue weighted by Crippen LogP contribution is -2.44. The van der Waals surface area contributed by atoms with Gasteiger partial charge in [0.2, 0.25) is 0 Å². The fraction of sp³-hybridized carbons (Fsp3) is 0.538. The van der Waals surface area contributed by atoms with Crippen LogP contribution in [-0.4, -0.2) is 46.5 Å². The van der Waals surface area contributed by atoms with Crippen LogP contribution in [0.3, 0.4) is 0 Å². The number of aliphatic carboxylic acids is 1. The molecular formula is C13H18N2O3S. The summed E-state index contributed by atoms with van der Waals surface area (Å²) in [4.78, 5) is 26.5. The summed E-state index contributed by atoms with van der Waals surface area (Å²) in [5.74, 6) is -0.842. The molecule has 6 heteroatoms. The molecule has 5 nitrogen and oxygen atoms in total. The normalized spacial score (nSPS) is 18.6. The second kappa shape index (κ2) is 6.06. The van der Waals surface area contributed by atoms with Gasteiger partial charge in [-0.3, -0.25) is 4.79 Å². The van der Waals surface area contributed by atoms with Crippen molar-refractivity contribution in [3.05, 3.63) is 22.4 Å². The van der Waals surface area contributed by atoms with E-state index in [4.69, 9.17) is 5.11 Å². The van der Waals surface area contributed by atoms with Crippen molar-refractivity contribution in [2.45, 2.75) is 31.8 Å². The number of likely N-dealkylation sites (tertiary alicyclic amines) is 1. The summed E-state index contributed by atoms with van der Waals surface area (Å²) in [6.07, 6.45) is 1.71. The quantitative estimate of drug-likeness (QED) is 0.921. The second-order valence-electron chi connectivity index (χ2n) is 4.86. The Morgan fingerprint density at radius 2 is 2.37 bits per heavy atom. The summed E-state index contributed by atoms with van der Waals surface area (Å²) in [5.41, 5.74) is 1.11. The molecule has 0 bridgehead atoms. The van der Waals surface area contributed by atoms with Crippen LogP contribution in [0.4, 0.5) is 4.79 Å². The molecule has 19 heavy (non-hydrogen) atoms. The first-order valence-corrected chi connectivity index (χ1v) is 7.27. The Kier molecular flexibility index (Phi) is 4.42. The van der Waals surface area contributed by atoms with Crippen LogP contribution < -0.4 is 0 Å². The van der Waals surface area contributed by atoms with Crippen LogP contribution in [0.15, 0.2) is 16.8 Å². The molecule has 1 aromatic rings. The van der Waals surface area contributed by atoms with Crippen molar-refractivity contribution in [2.24, 2.45) is 0 Å². The van der Waals surface area contributed by atoms with E-state index in [-0.39, 0.29) is 18.5 Å². The number of nitrogens with zero attached hydrogens (tertiary/aromatic N) is 2. The van der Waals surface area contributed by atoms with Gasteiger partial charge in [-0.25, -0.2) is 4.79 Å². The topological polar surface area (TPSA) is 60.9 Å². The first kappa shape index (κ1) is 13.9. The van der Waals surface area contributed by atoms with Crippen molar-refractivity contribution in [1.82, 2.24) is 9.80 Å². The highest BCUT2D eigenvalue weighted by molar-refractivity contribution is 7.07. The fourth-order valence-electron chi connectivity index (χ4n) is 2.44. The summed E-state index contributed by atoms with van der Waals surface area (Å²) in [6.45, 7) is 1.23. The number of carboxylic acid groups (broad SMARTS) is 1. The first-order chi connectivity index (χ1) is 9.08. The number of amides is 2. The molecule has 2 amide bonds. The Bertz CT molecular complexity index is 447. The van der Waals surface area contributed by atoms with Gasteiger partial charge in [-0.1, -0.05) is 0 Å². The lowest BCUT2D eigenvalue weighted by Gasteiger charge is -2.28. The third kappa shape index (κ3) is 3.47. The predicted octanol–water partition coefficient (Wildman–Crippen LogP) is 2.24. The van der Waals surface area contributed by atoms with Crippen LogP contribution in [0.25, 0.3) is 0 Å². The van der Waals surface area contributed by atoms with Gasteiger partial charge in [0, 0.05) is 26.2 Å². The smallest absolute Gasteiger partial charge is 0.320 e. The van der Waals surface area contributed by atoms with Gasteiger partial charge < -0.3 is 14.9 Å². The molecule has 1 atom stereocenters. The van der Waals surface area contributed by atoms with E-state index in [1.54, 1.807) is 28.2 Å². The van der Waals surface area contributed by atoms with E-state index in [0.717, 1.165) is 18.4 Å². The van der Waals surface area contributed by atoms with Crippen molar-refractivity contribution in [3.63, 3.8) is 0 Å². The Balaban J connectivity index is 1.95. The molecule has 104 valence electrons. The van der Waals surface area contributed by atoms with Crippen LogP contribution in [-0.2, 0) is 11.3 Å². The monoisotopic (exact) mass is 282 g/mol. The number of rotatable bonds is 4. The number of urea groups is 1. The first-order valence-electron chi connectivity index (χ1n) is 6.32. The number of carbonyl (C=O) groups is 2. The third-order valence-corrected chi connectivity index (χ3v) is 4.09. The van der Waals surface area contributed by atoms with Crippen molar-refractivity contribution in [3.8, 4) is 0 Å². The molecular weight excluding hydrogens is 264 g/mol. The van der Waals surface area contributed by atoms with E-state index in [2.05, 4.69) is 0 Å². The average Bonchev–Trinajstić information content (AvgIpc) is 2.98. The van der Waals surface area contributed by atoms with Gasteiger partial charge in [-0.15, -0.1) is 0 Å².